The molecule has 110 valence electrons. The van der Waals surface area contributed by atoms with Crippen LogP contribution in [0.25, 0.3) is 0 Å². The summed E-state index contributed by atoms with van der Waals surface area (Å²) in [6.07, 6.45) is 4.48. The predicted molar refractivity (Wildman–Crippen MR) is 75.0 cm³/mol. The molecule has 3 N–H and O–H groups in total. The minimum atomic E-state index is -3.71. The number of rotatable bonds is 6. The first-order valence-corrected chi connectivity index (χ1v) is 8.67. The number of sulfonamides is 1. The number of thiophene rings is 1. The first-order valence-electron chi connectivity index (χ1n) is 6.37. The second-order valence-corrected chi connectivity index (χ2v) is 8.61. The van der Waals surface area contributed by atoms with Gasteiger partial charge in [-0.3, -0.25) is 10.1 Å². The van der Waals surface area contributed by atoms with Crippen LogP contribution in [0, 0.1) is 21.4 Å². The topological polar surface area (TPSA) is 115 Å². The van der Waals surface area contributed by atoms with Crippen molar-refractivity contribution in [2.24, 2.45) is 11.3 Å². The molecule has 0 aliphatic heterocycles. The summed E-state index contributed by atoms with van der Waals surface area (Å²) in [5.41, 5.74) is 5.27. The van der Waals surface area contributed by atoms with Crippen LogP contribution in [-0.2, 0) is 10.0 Å². The predicted octanol–water partition coefficient (Wildman–Crippen LogP) is 1.71. The van der Waals surface area contributed by atoms with Gasteiger partial charge in [0.15, 0.2) is 5.00 Å². The van der Waals surface area contributed by atoms with Crippen LogP contribution < -0.4 is 10.5 Å². The van der Waals surface area contributed by atoms with Crippen LogP contribution in [0.1, 0.15) is 25.7 Å². The molecule has 7 nitrogen and oxygen atoms in total. The molecule has 1 heterocycles. The Morgan fingerprint density at radius 3 is 2.60 bits per heavy atom. The van der Waals surface area contributed by atoms with E-state index in [1.54, 1.807) is 0 Å². The monoisotopic (exact) mass is 317 g/mol. The molecule has 0 spiro atoms. The molecule has 2 aliphatic carbocycles. The quantitative estimate of drug-likeness (QED) is 0.612. The Morgan fingerprint density at radius 2 is 2.15 bits per heavy atom. The molecular formula is C11H15N3O4S2. The van der Waals surface area contributed by atoms with Crippen LogP contribution in [-0.4, -0.2) is 19.9 Å². The van der Waals surface area contributed by atoms with E-state index in [2.05, 4.69) is 4.72 Å². The third-order valence-corrected chi connectivity index (χ3v) is 6.96. The Morgan fingerprint density at radius 1 is 1.50 bits per heavy atom. The van der Waals surface area contributed by atoms with E-state index in [1.807, 2.05) is 0 Å². The number of nitrogens with zero attached hydrogens (tertiary/aromatic N) is 1. The molecule has 0 radical (unpaired) electrons. The summed E-state index contributed by atoms with van der Waals surface area (Å²) in [5, 5.41) is 10.6. The number of nitro groups is 1. The summed E-state index contributed by atoms with van der Waals surface area (Å²) in [7, 11) is -3.71. The Kier molecular flexibility index (Phi) is 3.03. The molecule has 3 rings (SSSR count). The highest BCUT2D eigenvalue weighted by atomic mass is 32.2. The van der Waals surface area contributed by atoms with E-state index in [0.717, 1.165) is 30.2 Å². The van der Waals surface area contributed by atoms with Gasteiger partial charge in [-0.05, 0) is 37.0 Å². The molecule has 2 aliphatic rings. The first-order chi connectivity index (χ1) is 9.34. The fourth-order valence-electron chi connectivity index (χ4n) is 2.54. The molecule has 2 saturated carbocycles. The van der Waals surface area contributed by atoms with Gasteiger partial charge in [-0.25, -0.2) is 13.1 Å². The van der Waals surface area contributed by atoms with Gasteiger partial charge in [0, 0.05) is 12.6 Å². The Bertz CT molecular complexity index is 659. The average molecular weight is 317 g/mol. The van der Waals surface area contributed by atoms with Crippen LogP contribution >= 0.6 is 11.3 Å². The van der Waals surface area contributed by atoms with Gasteiger partial charge in [0.2, 0.25) is 10.0 Å². The van der Waals surface area contributed by atoms with E-state index < -0.39 is 14.9 Å². The summed E-state index contributed by atoms with van der Waals surface area (Å²) >= 11 is 0.730. The standard InChI is InChI=1S/C11H15N3O4S2/c12-10-8(14(15)16)5-9(19-10)20(17,18)13-6-11(3-4-11)7-1-2-7/h5,7,13H,1-4,6,12H2. The van der Waals surface area contributed by atoms with E-state index in [4.69, 9.17) is 5.73 Å². The van der Waals surface area contributed by atoms with Gasteiger partial charge in [0.05, 0.1) is 4.92 Å². The normalized spacial score (nSPS) is 20.8. The third kappa shape index (κ3) is 2.40. The Hall–Kier alpha value is -1.19. The van der Waals surface area contributed by atoms with Crippen molar-refractivity contribution in [3.8, 4) is 0 Å². The smallest absolute Gasteiger partial charge is 0.304 e. The Labute approximate surface area is 120 Å². The maximum atomic E-state index is 12.2. The lowest BCUT2D eigenvalue weighted by Gasteiger charge is -2.14. The molecule has 1 aromatic heterocycles. The minimum Gasteiger partial charge on any atom is -0.385 e. The average Bonchev–Trinajstić information content (AvgIpc) is 3.24. The van der Waals surface area contributed by atoms with Crippen LogP contribution in [0.2, 0.25) is 0 Å². The van der Waals surface area contributed by atoms with Crippen molar-refractivity contribution in [1.29, 1.82) is 0 Å². The molecule has 0 aromatic carbocycles. The maximum absolute atomic E-state index is 12.2. The summed E-state index contributed by atoms with van der Waals surface area (Å²) in [4.78, 5) is 10.0. The number of hydrogen-bond acceptors (Lipinski definition) is 6. The fourth-order valence-corrected chi connectivity index (χ4v) is 4.94. The highest BCUT2D eigenvalue weighted by molar-refractivity contribution is 7.91. The van der Waals surface area contributed by atoms with Gasteiger partial charge in [-0.2, -0.15) is 0 Å². The largest absolute Gasteiger partial charge is 0.385 e. The van der Waals surface area contributed by atoms with E-state index in [9.17, 15) is 18.5 Å². The molecule has 1 aromatic rings. The van der Waals surface area contributed by atoms with Crippen LogP contribution in [0.3, 0.4) is 0 Å². The van der Waals surface area contributed by atoms with Crippen LogP contribution in [0.4, 0.5) is 10.7 Å². The first kappa shape index (κ1) is 13.8. The molecule has 9 heteroatoms. The summed E-state index contributed by atoms with van der Waals surface area (Å²) in [6.45, 7) is 0.422. The van der Waals surface area contributed by atoms with Gasteiger partial charge in [0.1, 0.15) is 4.21 Å². The van der Waals surface area contributed by atoms with Gasteiger partial charge in [-0.15, -0.1) is 0 Å². The van der Waals surface area contributed by atoms with Crippen molar-refractivity contribution >= 4 is 32.0 Å². The van der Waals surface area contributed by atoms with Crippen LogP contribution in [0.5, 0.6) is 0 Å². The lowest BCUT2D eigenvalue weighted by atomic mass is 10.0. The number of nitrogens with two attached hydrogens (primary N) is 1. The van der Waals surface area contributed by atoms with Gasteiger partial charge >= 0.3 is 5.69 Å². The fraction of sp³-hybridized carbons (Fsp3) is 0.636. The molecule has 2 fully saturated rings. The van der Waals surface area contributed by atoms with Gasteiger partial charge in [0.25, 0.3) is 0 Å². The van der Waals surface area contributed by atoms with Crippen molar-refractivity contribution in [1.82, 2.24) is 4.72 Å². The molecule has 0 amide bonds. The van der Waals surface area contributed by atoms with Crippen molar-refractivity contribution in [2.75, 3.05) is 12.3 Å². The molecule has 0 unspecified atom stereocenters. The van der Waals surface area contributed by atoms with Crippen molar-refractivity contribution in [2.45, 2.75) is 29.9 Å². The lowest BCUT2D eigenvalue weighted by molar-refractivity contribution is -0.383. The second-order valence-electron chi connectivity index (χ2n) is 5.53. The summed E-state index contributed by atoms with van der Waals surface area (Å²) in [5.74, 6) is 0.646. The molecule has 20 heavy (non-hydrogen) atoms. The van der Waals surface area contributed by atoms with Gasteiger partial charge in [-0.1, -0.05) is 11.3 Å². The maximum Gasteiger partial charge on any atom is 0.304 e. The van der Waals surface area contributed by atoms with E-state index in [0.29, 0.717) is 12.5 Å². The zero-order valence-corrected chi connectivity index (χ0v) is 12.3. The lowest BCUT2D eigenvalue weighted by Crippen LogP contribution is -2.30. The van der Waals surface area contributed by atoms with Crippen LogP contribution in [0.15, 0.2) is 10.3 Å². The Balaban J connectivity index is 1.74. The molecule has 0 bridgehead atoms. The van der Waals surface area contributed by atoms with E-state index in [1.165, 1.54) is 12.8 Å². The number of nitrogen functional groups attached to an aromatic ring is 1. The van der Waals surface area contributed by atoms with Gasteiger partial charge < -0.3 is 5.73 Å². The van der Waals surface area contributed by atoms with E-state index in [-0.39, 0.29) is 20.3 Å². The highest BCUT2D eigenvalue weighted by Crippen LogP contribution is 2.60. The number of nitrogens with one attached hydrogen (secondary N) is 1. The zero-order valence-electron chi connectivity index (χ0n) is 10.7. The van der Waals surface area contributed by atoms with Crippen molar-refractivity contribution in [3.05, 3.63) is 16.2 Å². The third-order valence-electron chi connectivity index (χ3n) is 4.13. The summed E-state index contributed by atoms with van der Waals surface area (Å²) < 4.78 is 26.8. The highest BCUT2D eigenvalue weighted by Gasteiger charge is 2.53. The summed E-state index contributed by atoms with van der Waals surface area (Å²) in [6, 6.07) is 1.03. The zero-order chi connectivity index (χ0) is 14.5. The number of hydrogen-bond donors (Lipinski definition) is 2. The number of anilines is 1. The molecule has 0 atom stereocenters. The second kappa shape index (κ2) is 4.40. The van der Waals surface area contributed by atoms with Crippen molar-refractivity contribution < 1.29 is 13.3 Å². The molecular weight excluding hydrogens is 302 g/mol. The minimum absolute atomic E-state index is 0.0845. The SMILES string of the molecule is Nc1sc(S(=O)(=O)NCC2(C3CC3)CC2)cc1[N+](=O)[O-]. The molecule has 0 saturated heterocycles. The van der Waals surface area contributed by atoms with E-state index >= 15 is 0 Å². The van der Waals surface area contributed by atoms with Crippen molar-refractivity contribution in [3.63, 3.8) is 0 Å².